The highest BCUT2D eigenvalue weighted by Gasteiger charge is 2.53. The van der Waals surface area contributed by atoms with E-state index in [1.807, 2.05) is 59.5 Å². The number of benzene rings is 2. The molecule has 0 spiro atoms. The van der Waals surface area contributed by atoms with E-state index in [4.69, 9.17) is 10.5 Å². The number of carbonyl (C=O) groups excluding carboxylic acids is 1. The number of para-hydroxylation sites is 2. The fourth-order valence-electron chi connectivity index (χ4n) is 4.10. The molecule has 2 atom stereocenters. The van der Waals surface area contributed by atoms with Crippen molar-refractivity contribution in [1.29, 1.82) is 0 Å². The lowest BCUT2D eigenvalue weighted by Crippen LogP contribution is -2.64. The summed E-state index contributed by atoms with van der Waals surface area (Å²) in [5, 5.41) is 0. The Morgan fingerprint density at radius 2 is 1.60 bits per heavy atom. The number of ether oxygens (including phenoxy) is 1. The van der Waals surface area contributed by atoms with Crippen molar-refractivity contribution in [3.05, 3.63) is 60.2 Å². The second kappa shape index (κ2) is 6.79. The van der Waals surface area contributed by atoms with Crippen LogP contribution in [0.25, 0.3) is 0 Å². The molecule has 4 nitrogen and oxygen atoms in total. The summed E-state index contributed by atoms with van der Waals surface area (Å²) < 4.78 is 6.06. The Bertz CT molecular complexity index is 741. The van der Waals surface area contributed by atoms with Crippen molar-refractivity contribution < 1.29 is 9.53 Å². The van der Waals surface area contributed by atoms with Gasteiger partial charge in [0.05, 0.1) is 0 Å². The third kappa shape index (κ3) is 2.97. The van der Waals surface area contributed by atoms with Gasteiger partial charge in [-0.1, -0.05) is 55.7 Å². The van der Waals surface area contributed by atoms with Gasteiger partial charge in [0.15, 0.2) is 0 Å². The van der Waals surface area contributed by atoms with E-state index in [9.17, 15) is 4.79 Å². The van der Waals surface area contributed by atoms with Gasteiger partial charge in [0.1, 0.15) is 11.8 Å². The summed E-state index contributed by atoms with van der Waals surface area (Å²) in [6, 6.07) is 17.6. The maximum Gasteiger partial charge on any atom is 0.267 e. The number of rotatable bonds is 4. The summed E-state index contributed by atoms with van der Waals surface area (Å²) in [6.45, 7) is 0. The summed E-state index contributed by atoms with van der Waals surface area (Å²) in [6.07, 6.45) is 5.31. The number of hydrogen-bond donors (Lipinski definition) is 1. The standard InChI is InChI=1S/C21H24N2O2/c22-18-14-8-7-13-17(18)19-20(25-16-11-5-2-6-12-16)21(24)23(19)15-9-3-1-4-10-15/h2,5-8,11-15,19-20H,1,3-4,9-10,22H2. The molecule has 1 aliphatic heterocycles. The predicted molar refractivity (Wildman–Crippen MR) is 98.2 cm³/mol. The number of nitrogens with two attached hydrogens (primary N) is 1. The van der Waals surface area contributed by atoms with Gasteiger partial charge < -0.3 is 15.4 Å². The summed E-state index contributed by atoms with van der Waals surface area (Å²) >= 11 is 0. The first-order valence-corrected chi connectivity index (χ1v) is 9.14. The number of carbonyl (C=O) groups is 1. The van der Waals surface area contributed by atoms with Crippen molar-refractivity contribution >= 4 is 11.6 Å². The minimum atomic E-state index is -0.492. The van der Waals surface area contributed by atoms with E-state index in [-0.39, 0.29) is 11.9 Å². The second-order valence-electron chi connectivity index (χ2n) is 6.96. The van der Waals surface area contributed by atoms with Gasteiger partial charge in [-0.2, -0.15) is 0 Å². The van der Waals surface area contributed by atoms with Crippen LogP contribution in [-0.2, 0) is 4.79 Å². The van der Waals surface area contributed by atoms with Gasteiger partial charge in [-0.25, -0.2) is 0 Å². The molecule has 130 valence electrons. The van der Waals surface area contributed by atoms with Crippen LogP contribution in [0.2, 0.25) is 0 Å². The molecule has 2 N–H and O–H groups in total. The summed E-state index contributed by atoms with van der Waals surface area (Å²) in [5.41, 5.74) is 7.95. The lowest BCUT2D eigenvalue weighted by atomic mass is 9.83. The molecule has 2 fully saturated rings. The number of anilines is 1. The molecular weight excluding hydrogens is 312 g/mol. The second-order valence-corrected chi connectivity index (χ2v) is 6.96. The van der Waals surface area contributed by atoms with Gasteiger partial charge in [0.2, 0.25) is 6.10 Å². The molecule has 0 radical (unpaired) electrons. The first-order chi connectivity index (χ1) is 12.3. The van der Waals surface area contributed by atoms with Crippen molar-refractivity contribution in [2.45, 2.75) is 50.3 Å². The maximum atomic E-state index is 12.9. The number of hydrogen-bond acceptors (Lipinski definition) is 3. The van der Waals surface area contributed by atoms with Crippen LogP contribution in [0.1, 0.15) is 43.7 Å². The topological polar surface area (TPSA) is 55.6 Å². The number of likely N-dealkylation sites (tertiary alicyclic amines) is 1. The quantitative estimate of drug-likeness (QED) is 0.680. The van der Waals surface area contributed by atoms with Crippen molar-refractivity contribution in [2.75, 3.05) is 5.73 Å². The fourth-order valence-corrected chi connectivity index (χ4v) is 4.10. The first kappa shape index (κ1) is 16.0. The zero-order valence-corrected chi connectivity index (χ0v) is 14.3. The zero-order chi connectivity index (χ0) is 17.2. The molecule has 1 saturated carbocycles. The Labute approximate surface area is 148 Å². The van der Waals surface area contributed by atoms with Crippen LogP contribution in [0, 0.1) is 0 Å². The summed E-state index contributed by atoms with van der Waals surface area (Å²) in [7, 11) is 0. The maximum absolute atomic E-state index is 12.9. The largest absolute Gasteiger partial charge is 0.478 e. The molecule has 4 rings (SSSR count). The van der Waals surface area contributed by atoms with E-state index in [1.165, 1.54) is 19.3 Å². The summed E-state index contributed by atoms with van der Waals surface area (Å²) in [5.74, 6) is 0.813. The van der Waals surface area contributed by atoms with E-state index in [2.05, 4.69) is 0 Å². The monoisotopic (exact) mass is 336 g/mol. The Morgan fingerprint density at radius 1 is 0.920 bits per heavy atom. The highest BCUT2D eigenvalue weighted by Crippen LogP contribution is 2.43. The Kier molecular flexibility index (Phi) is 4.35. The molecule has 2 unspecified atom stereocenters. The number of β-lactam (4-membered cyclic amide) rings is 1. The Balaban J connectivity index is 1.64. The lowest BCUT2D eigenvalue weighted by Gasteiger charge is -2.51. The van der Waals surface area contributed by atoms with Crippen LogP contribution in [0.5, 0.6) is 5.75 Å². The van der Waals surface area contributed by atoms with E-state index < -0.39 is 6.10 Å². The molecule has 1 heterocycles. The highest BCUT2D eigenvalue weighted by molar-refractivity contribution is 5.90. The zero-order valence-electron chi connectivity index (χ0n) is 14.3. The molecular formula is C21H24N2O2. The Hall–Kier alpha value is -2.49. The highest BCUT2D eigenvalue weighted by atomic mass is 16.5. The average molecular weight is 336 g/mol. The lowest BCUT2D eigenvalue weighted by molar-refractivity contribution is -0.170. The van der Waals surface area contributed by atoms with Crippen molar-refractivity contribution in [3.63, 3.8) is 0 Å². The van der Waals surface area contributed by atoms with E-state index in [0.717, 1.165) is 29.8 Å². The van der Waals surface area contributed by atoms with Gasteiger partial charge in [-0.3, -0.25) is 4.79 Å². The van der Waals surface area contributed by atoms with Gasteiger partial charge in [0, 0.05) is 17.3 Å². The first-order valence-electron chi connectivity index (χ1n) is 9.14. The Morgan fingerprint density at radius 3 is 2.32 bits per heavy atom. The SMILES string of the molecule is Nc1ccccc1C1C(Oc2ccccc2)C(=O)N1C1CCCCC1. The molecule has 25 heavy (non-hydrogen) atoms. The molecule has 1 amide bonds. The summed E-state index contributed by atoms with van der Waals surface area (Å²) in [4.78, 5) is 14.9. The molecule has 2 aliphatic rings. The van der Waals surface area contributed by atoms with E-state index in [1.54, 1.807) is 0 Å². The predicted octanol–water partition coefficient (Wildman–Crippen LogP) is 3.93. The van der Waals surface area contributed by atoms with Crippen LogP contribution in [0.3, 0.4) is 0 Å². The van der Waals surface area contributed by atoms with Crippen LogP contribution < -0.4 is 10.5 Å². The molecule has 0 aromatic heterocycles. The molecule has 2 aromatic rings. The third-order valence-electron chi connectivity index (χ3n) is 5.37. The smallest absolute Gasteiger partial charge is 0.267 e. The van der Waals surface area contributed by atoms with E-state index in [0.29, 0.717) is 6.04 Å². The number of amides is 1. The van der Waals surface area contributed by atoms with Crippen molar-refractivity contribution in [1.82, 2.24) is 4.90 Å². The van der Waals surface area contributed by atoms with Crippen molar-refractivity contribution in [3.8, 4) is 5.75 Å². The number of nitrogen functional groups attached to an aromatic ring is 1. The van der Waals surface area contributed by atoms with Gasteiger partial charge in [-0.15, -0.1) is 0 Å². The molecule has 1 aliphatic carbocycles. The van der Waals surface area contributed by atoms with Crippen LogP contribution >= 0.6 is 0 Å². The normalized spacial score (nSPS) is 24.0. The van der Waals surface area contributed by atoms with Gasteiger partial charge >= 0.3 is 0 Å². The van der Waals surface area contributed by atoms with Crippen LogP contribution in [0.15, 0.2) is 54.6 Å². The van der Waals surface area contributed by atoms with Crippen molar-refractivity contribution in [2.24, 2.45) is 0 Å². The molecule has 2 aromatic carbocycles. The molecule has 4 heteroatoms. The molecule has 1 saturated heterocycles. The molecule has 0 bridgehead atoms. The minimum Gasteiger partial charge on any atom is -0.478 e. The van der Waals surface area contributed by atoms with Gasteiger partial charge in [-0.05, 0) is 31.0 Å². The van der Waals surface area contributed by atoms with Crippen LogP contribution in [0.4, 0.5) is 5.69 Å². The minimum absolute atomic E-state index is 0.0870. The van der Waals surface area contributed by atoms with E-state index >= 15 is 0 Å². The fraction of sp³-hybridized carbons (Fsp3) is 0.381. The average Bonchev–Trinajstić information content (AvgIpc) is 2.66. The van der Waals surface area contributed by atoms with Gasteiger partial charge in [0.25, 0.3) is 5.91 Å². The third-order valence-corrected chi connectivity index (χ3v) is 5.37. The number of nitrogens with zero attached hydrogens (tertiary/aromatic N) is 1. The van der Waals surface area contributed by atoms with Crippen LogP contribution in [-0.4, -0.2) is 23.0 Å².